The van der Waals surface area contributed by atoms with Crippen molar-refractivity contribution in [1.29, 1.82) is 0 Å². The zero-order chi connectivity index (χ0) is 13.7. The van der Waals surface area contributed by atoms with Gasteiger partial charge in [0.25, 0.3) is 0 Å². The molecule has 1 aromatic heterocycles. The molecule has 4 nitrogen and oxygen atoms in total. The van der Waals surface area contributed by atoms with Crippen molar-refractivity contribution in [2.45, 2.75) is 38.6 Å². The van der Waals surface area contributed by atoms with E-state index in [0.717, 1.165) is 17.7 Å². The van der Waals surface area contributed by atoms with Gasteiger partial charge in [0.2, 0.25) is 0 Å². The average Bonchev–Trinajstić information content (AvgIpc) is 2.27. The van der Waals surface area contributed by atoms with Crippen molar-refractivity contribution in [3.63, 3.8) is 0 Å². The first kappa shape index (κ1) is 14.7. The van der Waals surface area contributed by atoms with Crippen LogP contribution in [-0.2, 0) is 6.42 Å². The normalized spacial score (nSPS) is 10.4. The molecule has 0 aliphatic rings. The molecule has 0 amide bonds. The van der Waals surface area contributed by atoms with Crippen LogP contribution in [0.15, 0.2) is 17.2 Å². The number of allylic oxidation sites excluding steroid dienone is 1. The molecule has 0 aliphatic heterocycles. The van der Waals surface area contributed by atoms with Crippen LogP contribution in [0.5, 0.6) is 0 Å². The number of nitrogens with zero attached hydrogens (tertiary/aromatic N) is 2. The third kappa shape index (κ3) is 3.84. The van der Waals surface area contributed by atoms with Gasteiger partial charge in [-0.1, -0.05) is 12.5 Å². The molecule has 18 heavy (non-hydrogen) atoms. The molecule has 0 atom stereocenters. The van der Waals surface area contributed by atoms with Crippen LogP contribution in [0.3, 0.4) is 0 Å². The van der Waals surface area contributed by atoms with Crippen LogP contribution in [0.1, 0.15) is 42.1 Å². The number of aromatic carboxylic acids is 1. The van der Waals surface area contributed by atoms with E-state index in [1.165, 1.54) is 11.8 Å². The fourth-order valence-electron chi connectivity index (χ4n) is 1.43. The molecule has 0 radical (unpaired) electrons. The molecule has 1 aromatic rings. The summed E-state index contributed by atoms with van der Waals surface area (Å²) in [6.07, 6.45) is 1.56. The third-order valence-corrected chi connectivity index (χ3v) is 3.38. The van der Waals surface area contributed by atoms with Gasteiger partial charge in [-0.3, -0.25) is 0 Å². The van der Waals surface area contributed by atoms with E-state index in [1.54, 1.807) is 6.92 Å². The molecule has 0 unspecified atom stereocenters. The number of hydrogen-bond acceptors (Lipinski definition) is 4. The summed E-state index contributed by atoms with van der Waals surface area (Å²) < 4.78 is 0. The standard InChI is InChI=1S/C13H18N2O2S/c1-5-10-14-9(4)11(13(16)17)12(15-10)18-7-6-8(2)3/h2,5-7H2,1,3-4H3,(H,16,17). The first-order chi connectivity index (χ1) is 8.45. The molecule has 0 spiro atoms. The molecular weight excluding hydrogens is 248 g/mol. The predicted octanol–water partition coefficient (Wildman–Crippen LogP) is 3.10. The molecule has 0 saturated heterocycles. The van der Waals surface area contributed by atoms with Crippen LogP contribution in [0.25, 0.3) is 0 Å². The summed E-state index contributed by atoms with van der Waals surface area (Å²) in [6, 6.07) is 0. The predicted molar refractivity (Wildman–Crippen MR) is 73.3 cm³/mol. The summed E-state index contributed by atoms with van der Waals surface area (Å²) in [5, 5.41) is 9.77. The highest BCUT2D eigenvalue weighted by molar-refractivity contribution is 7.99. The SMILES string of the molecule is C=C(C)CCSc1nc(CC)nc(C)c1C(=O)O. The highest BCUT2D eigenvalue weighted by Crippen LogP contribution is 2.24. The van der Waals surface area contributed by atoms with Crippen molar-refractivity contribution >= 4 is 17.7 Å². The van der Waals surface area contributed by atoms with Crippen molar-refractivity contribution in [1.82, 2.24) is 9.97 Å². The van der Waals surface area contributed by atoms with E-state index in [1.807, 2.05) is 13.8 Å². The zero-order valence-electron chi connectivity index (χ0n) is 11.0. The highest BCUT2D eigenvalue weighted by Gasteiger charge is 2.17. The minimum atomic E-state index is -0.965. The maximum atomic E-state index is 11.2. The number of carboxylic acid groups (broad SMARTS) is 1. The summed E-state index contributed by atoms with van der Waals surface area (Å²) >= 11 is 1.45. The lowest BCUT2D eigenvalue weighted by molar-refractivity contribution is 0.0690. The average molecular weight is 266 g/mol. The van der Waals surface area contributed by atoms with Crippen molar-refractivity contribution in [2.75, 3.05) is 5.75 Å². The largest absolute Gasteiger partial charge is 0.478 e. The number of rotatable bonds is 6. The first-order valence-corrected chi connectivity index (χ1v) is 6.82. The van der Waals surface area contributed by atoms with Crippen LogP contribution in [0.4, 0.5) is 0 Å². The van der Waals surface area contributed by atoms with Crippen LogP contribution in [0.2, 0.25) is 0 Å². The van der Waals surface area contributed by atoms with Crippen LogP contribution < -0.4 is 0 Å². The van der Waals surface area contributed by atoms with E-state index in [-0.39, 0.29) is 5.56 Å². The molecule has 0 aliphatic carbocycles. The van der Waals surface area contributed by atoms with Gasteiger partial charge < -0.3 is 5.11 Å². The van der Waals surface area contributed by atoms with E-state index in [0.29, 0.717) is 23.0 Å². The van der Waals surface area contributed by atoms with Crippen molar-refractivity contribution in [2.24, 2.45) is 0 Å². The molecule has 1 rings (SSSR count). The molecule has 98 valence electrons. The van der Waals surface area contributed by atoms with Crippen molar-refractivity contribution in [3.8, 4) is 0 Å². The van der Waals surface area contributed by atoms with Crippen molar-refractivity contribution in [3.05, 3.63) is 29.2 Å². The Balaban J connectivity index is 3.01. The van der Waals surface area contributed by atoms with Gasteiger partial charge in [0.05, 0.1) is 5.69 Å². The molecular formula is C13H18N2O2S. The number of hydrogen-bond donors (Lipinski definition) is 1. The van der Waals surface area contributed by atoms with Gasteiger partial charge in [0.1, 0.15) is 16.4 Å². The number of carboxylic acids is 1. The number of thioether (sulfide) groups is 1. The molecule has 0 bridgehead atoms. The van der Waals surface area contributed by atoms with E-state index in [4.69, 9.17) is 0 Å². The minimum absolute atomic E-state index is 0.221. The molecule has 0 saturated carbocycles. The minimum Gasteiger partial charge on any atom is -0.478 e. The summed E-state index contributed by atoms with van der Waals surface area (Å²) in [5.74, 6) is 0.512. The monoisotopic (exact) mass is 266 g/mol. The number of aromatic nitrogens is 2. The molecule has 5 heteroatoms. The first-order valence-electron chi connectivity index (χ1n) is 5.83. The Kier molecular flexibility index (Phi) is 5.34. The second kappa shape index (κ2) is 6.54. The zero-order valence-corrected chi connectivity index (χ0v) is 11.8. The lowest BCUT2D eigenvalue weighted by Gasteiger charge is -2.09. The van der Waals surface area contributed by atoms with Gasteiger partial charge >= 0.3 is 5.97 Å². The van der Waals surface area contributed by atoms with E-state index >= 15 is 0 Å². The summed E-state index contributed by atoms with van der Waals surface area (Å²) in [5.41, 5.74) is 1.84. The lowest BCUT2D eigenvalue weighted by atomic mass is 10.2. The smallest absolute Gasteiger partial charge is 0.340 e. The lowest BCUT2D eigenvalue weighted by Crippen LogP contribution is -2.09. The number of carbonyl (C=O) groups is 1. The molecule has 1 heterocycles. The number of aryl methyl sites for hydroxylation is 2. The van der Waals surface area contributed by atoms with E-state index < -0.39 is 5.97 Å². The van der Waals surface area contributed by atoms with Gasteiger partial charge in [-0.15, -0.1) is 18.3 Å². The fourth-order valence-corrected chi connectivity index (χ4v) is 2.63. The fraction of sp³-hybridized carbons (Fsp3) is 0.462. The van der Waals surface area contributed by atoms with Crippen LogP contribution >= 0.6 is 11.8 Å². The van der Waals surface area contributed by atoms with Crippen molar-refractivity contribution < 1.29 is 9.90 Å². The van der Waals surface area contributed by atoms with Gasteiger partial charge in [-0.05, 0) is 20.3 Å². The summed E-state index contributed by atoms with van der Waals surface area (Å²) in [7, 11) is 0. The quantitative estimate of drug-likeness (QED) is 0.487. The molecule has 0 aromatic carbocycles. The Morgan fingerprint density at radius 2 is 2.11 bits per heavy atom. The Morgan fingerprint density at radius 3 is 2.61 bits per heavy atom. The van der Waals surface area contributed by atoms with Crippen LogP contribution in [0, 0.1) is 6.92 Å². The Morgan fingerprint density at radius 1 is 1.44 bits per heavy atom. The maximum Gasteiger partial charge on any atom is 0.340 e. The second-order valence-electron chi connectivity index (χ2n) is 4.12. The summed E-state index contributed by atoms with van der Waals surface area (Å²) in [4.78, 5) is 19.7. The van der Waals surface area contributed by atoms with E-state index in [9.17, 15) is 9.90 Å². The van der Waals surface area contributed by atoms with Gasteiger partial charge in [-0.2, -0.15) is 0 Å². The molecule has 1 N–H and O–H groups in total. The third-order valence-electron chi connectivity index (χ3n) is 2.40. The molecule has 0 fully saturated rings. The van der Waals surface area contributed by atoms with E-state index in [2.05, 4.69) is 16.5 Å². The maximum absolute atomic E-state index is 11.2. The Labute approximate surface area is 112 Å². The Hall–Kier alpha value is -1.36. The van der Waals surface area contributed by atoms with Gasteiger partial charge in [0.15, 0.2) is 0 Å². The Bertz CT molecular complexity index is 472. The van der Waals surface area contributed by atoms with Gasteiger partial charge in [0, 0.05) is 12.2 Å². The highest BCUT2D eigenvalue weighted by atomic mass is 32.2. The summed E-state index contributed by atoms with van der Waals surface area (Å²) in [6.45, 7) is 9.46. The second-order valence-corrected chi connectivity index (χ2v) is 5.20. The topological polar surface area (TPSA) is 63.1 Å². The van der Waals surface area contributed by atoms with Crippen LogP contribution in [-0.4, -0.2) is 26.8 Å². The van der Waals surface area contributed by atoms with Gasteiger partial charge in [-0.25, -0.2) is 14.8 Å².